The molecule has 2 unspecified atom stereocenters. The zero-order valence-corrected chi connectivity index (χ0v) is 13.6. The first-order valence-electron chi connectivity index (χ1n) is 7.83. The van der Waals surface area contributed by atoms with Crippen molar-refractivity contribution in [1.82, 2.24) is 15.2 Å². The number of aryl methyl sites for hydroxylation is 1. The number of hydrogen-bond acceptors (Lipinski definition) is 2. The average Bonchev–Trinajstić information content (AvgIpc) is 3.09. The first-order chi connectivity index (χ1) is 10.2. The molecule has 2 aromatic rings. The number of hydrogen-bond donors (Lipinski definition) is 2. The molecule has 5 heteroatoms. The molecule has 1 amide bonds. The van der Waals surface area contributed by atoms with Gasteiger partial charge in [-0.1, -0.05) is 11.6 Å². The second-order valence-corrected chi connectivity index (χ2v) is 6.45. The Morgan fingerprint density at radius 3 is 2.95 bits per heavy atom. The van der Waals surface area contributed by atoms with E-state index < -0.39 is 0 Å². The summed E-state index contributed by atoms with van der Waals surface area (Å²) in [5, 5.41) is 4.67. The highest BCUT2D eigenvalue weighted by molar-refractivity contribution is 5.98. The highest BCUT2D eigenvalue weighted by Gasteiger charge is 2.36. The minimum absolute atomic E-state index is 0. The van der Waals surface area contributed by atoms with Gasteiger partial charge in [0.1, 0.15) is 5.69 Å². The Morgan fingerprint density at radius 2 is 2.14 bits per heavy atom. The van der Waals surface area contributed by atoms with Crippen LogP contribution in [0.4, 0.5) is 0 Å². The molecular weight excluding hydrogens is 298 g/mol. The third-order valence-electron chi connectivity index (χ3n) is 4.89. The van der Waals surface area contributed by atoms with E-state index in [0.717, 1.165) is 30.5 Å². The van der Waals surface area contributed by atoms with Crippen molar-refractivity contribution >= 4 is 29.2 Å². The molecule has 1 aromatic carbocycles. The number of benzene rings is 1. The van der Waals surface area contributed by atoms with Crippen LogP contribution in [0.5, 0.6) is 0 Å². The van der Waals surface area contributed by atoms with Gasteiger partial charge in [-0.2, -0.15) is 0 Å². The fourth-order valence-corrected chi connectivity index (χ4v) is 3.75. The molecule has 3 heterocycles. The molecule has 2 aliphatic rings. The molecule has 2 atom stereocenters. The van der Waals surface area contributed by atoms with Crippen molar-refractivity contribution < 1.29 is 4.79 Å². The summed E-state index contributed by atoms with van der Waals surface area (Å²) in [5.74, 6) is 0.773. The molecule has 2 aliphatic heterocycles. The van der Waals surface area contributed by atoms with Gasteiger partial charge in [0.05, 0.1) is 0 Å². The van der Waals surface area contributed by atoms with E-state index in [1.165, 1.54) is 18.4 Å². The largest absolute Gasteiger partial charge is 0.351 e. The van der Waals surface area contributed by atoms with E-state index >= 15 is 0 Å². The Labute approximate surface area is 136 Å². The Bertz CT molecular complexity index is 682. The summed E-state index contributed by atoms with van der Waals surface area (Å²) in [6.45, 7) is 4.91. The third kappa shape index (κ3) is 2.61. The highest BCUT2D eigenvalue weighted by atomic mass is 35.5. The number of likely N-dealkylation sites (tertiary alicyclic amines) is 1. The molecule has 4 nitrogen and oxygen atoms in total. The van der Waals surface area contributed by atoms with Crippen LogP contribution in [-0.2, 0) is 0 Å². The number of nitrogens with zero attached hydrogens (tertiary/aromatic N) is 1. The van der Waals surface area contributed by atoms with Gasteiger partial charge in [-0.05, 0) is 50.4 Å². The lowest BCUT2D eigenvalue weighted by Crippen LogP contribution is -2.41. The van der Waals surface area contributed by atoms with Crippen molar-refractivity contribution in [3.63, 3.8) is 0 Å². The van der Waals surface area contributed by atoms with E-state index in [1.54, 1.807) is 0 Å². The number of rotatable bonds is 1. The van der Waals surface area contributed by atoms with Crippen LogP contribution in [0.3, 0.4) is 0 Å². The van der Waals surface area contributed by atoms with Crippen molar-refractivity contribution in [3.05, 3.63) is 35.5 Å². The van der Waals surface area contributed by atoms with E-state index in [9.17, 15) is 4.79 Å². The summed E-state index contributed by atoms with van der Waals surface area (Å²) < 4.78 is 0. The van der Waals surface area contributed by atoms with Crippen LogP contribution in [-0.4, -0.2) is 41.5 Å². The average molecular weight is 320 g/mol. The van der Waals surface area contributed by atoms with Crippen molar-refractivity contribution in [2.45, 2.75) is 25.8 Å². The number of H-pyrrole nitrogens is 1. The maximum Gasteiger partial charge on any atom is 0.270 e. The predicted octanol–water partition coefficient (Wildman–Crippen LogP) is 2.72. The van der Waals surface area contributed by atoms with Crippen LogP contribution in [0.1, 0.15) is 28.9 Å². The molecule has 2 fully saturated rings. The number of aromatic amines is 1. The Kier molecular flexibility index (Phi) is 4.15. The SMILES string of the molecule is Cc1ccc2[nH]c(C(=O)N3CC4CCCNC4C3)cc2c1.Cl. The molecule has 118 valence electrons. The second kappa shape index (κ2) is 5.94. The Morgan fingerprint density at radius 1 is 1.27 bits per heavy atom. The second-order valence-electron chi connectivity index (χ2n) is 6.45. The van der Waals surface area contributed by atoms with Gasteiger partial charge in [0.15, 0.2) is 0 Å². The summed E-state index contributed by atoms with van der Waals surface area (Å²) in [7, 11) is 0. The zero-order chi connectivity index (χ0) is 14.4. The maximum atomic E-state index is 12.7. The van der Waals surface area contributed by atoms with Gasteiger partial charge in [0, 0.05) is 30.0 Å². The standard InChI is InChI=1S/C17H21N3O.ClH/c1-11-4-5-14-13(7-11)8-15(19-14)17(21)20-9-12-3-2-6-18-16(12)10-20;/h4-5,7-8,12,16,18-19H,2-3,6,9-10H2,1H3;1H. The lowest BCUT2D eigenvalue weighted by atomic mass is 9.94. The van der Waals surface area contributed by atoms with E-state index in [4.69, 9.17) is 0 Å². The van der Waals surface area contributed by atoms with E-state index in [-0.39, 0.29) is 18.3 Å². The lowest BCUT2D eigenvalue weighted by Gasteiger charge is -2.24. The van der Waals surface area contributed by atoms with Gasteiger partial charge < -0.3 is 15.2 Å². The Balaban J connectivity index is 0.00000144. The zero-order valence-electron chi connectivity index (χ0n) is 12.8. The molecule has 0 radical (unpaired) electrons. The van der Waals surface area contributed by atoms with Gasteiger partial charge in [0.25, 0.3) is 5.91 Å². The lowest BCUT2D eigenvalue weighted by molar-refractivity contribution is 0.0781. The monoisotopic (exact) mass is 319 g/mol. The van der Waals surface area contributed by atoms with Gasteiger partial charge in [-0.3, -0.25) is 4.79 Å². The number of halogens is 1. The number of amides is 1. The van der Waals surface area contributed by atoms with Crippen molar-refractivity contribution in [2.24, 2.45) is 5.92 Å². The fourth-order valence-electron chi connectivity index (χ4n) is 3.75. The first-order valence-corrected chi connectivity index (χ1v) is 7.83. The van der Waals surface area contributed by atoms with E-state index in [2.05, 4.69) is 29.4 Å². The number of carbonyl (C=O) groups excluding carboxylic acids is 1. The van der Waals surface area contributed by atoms with Crippen molar-refractivity contribution in [1.29, 1.82) is 0 Å². The first kappa shape index (κ1) is 15.4. The minimum Gasteiger partial charge on any atom is -0.351 e. The maximum absolute atomic E-state index is 12.7. The molecule has 0 spiro atoms. The van der Waals surface area contributed by atoms with E-state index in [0.29, 0.717) is 17.7 Å². The van der Waals surface area contributed by atoms with Crippen LogP contribution < -0.4 is 5.32 Å². The quantitative estimate of drug-likeness (QED) is 0.849. The minimum atomic E-state index is 0. The molecule has 22 heavy (non-hydrogen) atoms. The van der Waals surface area contributed by atoms with Crippen LogP contribution in [0, 0.1) is 12.8 Å². The highest BCUT2D eigenvalue weighted by Crippen LogP contribution is 2.26. The molecule has 2 N–H and O–H groups in total. The molecule has 4 rings (SSSR count). The fraction of sp³-hybridized carbons (Fsp3) is 0.471. The van der Waals surface area contributed by atoms with Crippen LogP contribution in [0.2, 0.25) is 0 Å². The Hall–Kier alpha value is -1.52. The van der Waals surface area contributed by atoms with Gasteiger partial charge >= 0.3 is 0 Å². The predicted molar refractivity (Wildman–Crippen MR) is 90.7 cm³/mol. The normalized spacial score (nSPS) is 24.1. The summed E-state index contributed by atoms with van der Waals surface area (Å²) in [4.78, 5) is 18.0. The number of fused-ring (bicyclic) bond motifs is 2. The van der Waals surface area contributed by atoms with Gasteiger partial charge in [0.2, 0.25) is 0 Å². The van der Waals surface area contributed by atoms with Crippen LogP contribution in [0.15, 0.2) is 24.3 Å². The molecule has 0 aliphatic carbocycles. The van der Waals surface area contributed by atoms with Gasteiger partial charge in [-0.25, -0.2) is 0 Å². The van der Waals surface area contributed by atoms with Crippen molar-refractivity contribution in [2.75, 3.05) is 19.6 Å². The molecule has 0 bridgehead atoms. The number of piperidine rings is 1. The van der Waals surface area contributed by atoms with Gasteiger partial charge in [-0.15, -0.1) is 12.4 Å². The molecule has 2 saturated heterocycles. The number of nitrogens with one attached hydrogen (secondary N) is 2. The van der Waals surface area contributed by atoms with Crippen LogP contribution in [0.25, 0.3) is 10.9 Å². The summed E-state index contributed by atoms with van der Waals surface area (Å²) >= 11 is 0. The van der Waals surface area contributed by atoms with Crippen LogP contribution >= 0.6 is 12.4 Å². The smallest absolute Gasteiger partial charge is 0.270 e. The molecule has 0 saturated carbocycles. The summed E-state index contributed by atoms with van der Waals surface area (Å²) in [6.07, 6.45) is 2.47. The number of carbonyl (C=O) groups is 1. The third-order valence-corrected chi connectivity index (χ3v) is 4.89. The summed E-state index contributed by atoms with van der Waals surface area (Å²) in [5.41, 5.74) is 2.98. The van der Waals surface area contributed by atoms with E-state index in [1.807, 2.05) is 17.0 Å². The topological polar surface area (TPSA) is 48.1 Å². The summed E-state index contributed by atoms with van der Waals surface area (Å²) in [6, 6.07) is 8.72. The molecule has 1 aromatic heterocycles. The number of aromatic nitrogens is 1. The molecular formula is C17H22ClN3O. The van der Waals surface area contributed by atoms with Crippen molar-refractivity contribution in [3.8, 4) is 0 Å².